The van der Waals surface area contributed by atoms with Gasteiger partial charge in [-0.2, -0.15) is 0 Å². The van der Waals surface area contributed by atoms with Gasteiger partial charge in [0.2, 0.25) is 0 Å². The molecule has 0 saturated heterocycles. The van der Waals surface area contributed by atoms with Gasteiger partial charge in [0.25, 0.3) is 0 Å². The number of halogens is 2. The molecule has 5 heteroatoms. The normalized spacial score (nSPS) is 10.3. The summed E-state index contributed by atoms with van der Waals surface area (Å²) >= 11 is 5.63. The lowest BCUT2D eigenvalue weighted by atomic mass is 10.0. The van der Waals surface area contributed by atoms with E-state index in [2.05, 4.69) is 0 Å². The molecule has 0 aromatic heterocycles. The number of rotatable bonds is 2. The molecule has 0 atom stereocenters. The van der Waals surface area contributed by atoms with Crippen molar-refractivity contribution in [2.75, 3.05) is 0 Å². The summed E-state index contributed by atoms with van der Waals surface area (Å²) in [6, 6.07) is 7.77. The minimum absolute atomic E-state index is 0.0642. The Labute approximate surface area is 107 Å². The van der Waals surface area contributed by atoms with Crippen molar-refractivity contribution in [2.45, 2.75) is 0 Å². The van der Waals surface area contributed by atoms with Crippen LogP contribution in [-0.4, -0.2) is 16.2 Å². The van der Waals surface area contributed by atoms with Crippen molar-refractivity contribution < 1.29 is 19.4 Å². The first-order valence-corrected chi connectivity index (χ1v) is 5.38. The van der Waals surface area contributed by atoms with Crippen molar-refractivity contribution in [3.8, 4) is 16.9 Å². The molecule has 0 fully saturated rings. The second-order valence-electron chi connectivity index (χ2n) is 3.66. The molecule has 0 radical (unpaired) electrons. The van der Waals surface area contributed by atoms with Crippen LogP contribution in [0, 0.1) is 5.82 Å². The van der Waals surface area contributed by atoms with Gasteiger partial charge in [0.15, 0.2) is 0 Å². The van der Waals surface area contributed by atoms with Gasteiger partial charge in [0.1, 0.15) is 11.6 Å². The van der Waals surface area contributed by atoms with E-state index >= 15 is 0 Å². The van der Waals surface area contributed by atoms with E-state index in [9.17, 15) is 14.3 Å². The number of aromatic carboxylic acids is 1. The molecule has 3 nitrogen and oxygen atoms in total. The molecule has 0 amide bonds. The summed E-state index contributed by atoms with van der Waals surface area (Å²) in [4.78, 5) is 10.7. The molecule has 0 aliphatic rings. The molecule has 0 saturated carbocycles. The first-order valence-electron chi connectivity index (χ1n) is 5.01. The Hall–Kier alpha value is -2.07. The predicted octanol–water partition coefficient (Wildman–Crippen LogP) is 3.55. The van der Waals surface area contributed by atoms with Crippen molar-refractivity contribution in [1.29, 1.82) is 0 Å². The lowest BCUT2D eigenvalue weighted by Gasteiger charge is -2.07. The topological polar surface area (TPSA) is 57.5 Å². The lowest BCUT2D eigenvalue weighted by molar-refractivity contribution is 0.0696. The van der Waals surface area contributed by atoms with Crippen LogP contribution in [0.2, 0.25) is 5.02 Å². The van der Waals surface area contributed by atoms with E-state index in [1.54, 1.807) is 0 Å². The molecule has 2 aromatic carbocycles. The van der Waals surface area contributed by atoms with E-state index in [4.69, 9.17) is 16.7 Å². The Kier molecular flexibility index (Phi) is 3.21. The molecule has 2 rings (SSSR count). The monoisotopic (exact) mass is 266 g/mol. The number of phenolic OH excluding ortho intramolecular Hbond substituents is 1. The Morgan fingerprint density at radius 2 is 1.78 bits per heavy atom. The van der Waals surface area contributed by atoms with Crippen LogP contribution in [0.15, 0.2) is 36.4 Å². The largest absolute Gasteiger partial charge is 0.507 e. The Morgan fingerprint density at radius 3 is 2.33 bits per heavy atom. The van der Waals surface area contributed by atoms with Crippen molar-refractivity contribution in [3.05, 3.63) is 52.8 Å². The maximum Gasteiger partial charge on any atom is 0.335 e. The maximum absolute atomic E-state index is 13.7. The van der Waals surface area contributed by atoms with Crippen LogP contribution in [0.1, 0.15) is 10.4 Å². The zero-order valence-electron chi connectivity index (χ0n) is 9.02. The van der Waals surface area contributed by atoms with Crippen molar-refractivity contribution in [1.82, 2.24) is 0 Å². The van der Waals surface area contributed by atoms with E-state index in [0.29, 0.717) is 0 Å². The second-order valence-corrected chi connectivity index (χ2v) is 4.10. The first kappa shape index (κ1) is 12.4. The highest BCUT2D eigenvalue weighted by Crippen LogP contribution is 2.32. The summed E-state index contributed by atoms with van der Waals surface area (Å²) in [6.07, 6.45) is 0. The summed E-state index contributed by atoms with van der Waals surface area (Å²) in [5.41, 5.74) is 0.314. The van der Waals surface area contributed by atoms with E-state index in [1.807, 2.05) is 0 Å². The number of carbonyl (C=O) groups is 1. The minimum atomic E-state index is -1.16. The Morgan fingerprint density at radius 1 is 1.11 bits per heavy atom. The van der Waals surface area contributed by atoms with Gasteiger partial charge in [-0.25, -0.2) is 9.18 Å². The van der Waals surface area contributed by atoms with Crippen molar-refractivity contribution >= 4 is 17.6 Å². The van der Waals surface area contributed by atoms with E-state index < -0.39 is 11.8 Å². The van der Waals surface area contributed by atoms with Crippen LogP contribution in [-0.2, 0) is 0 Å². The quantitative estimate of drug-likeness (QED) is 0.874. The van der Waals surface area contributed by atoms with Gasteiger partial charge in [-0.3, -0.25) is 0 Å². The third-order valence-electron chi connectivity index (χ3n) is 2.47. The van der Waals surface area contributed by atoms with Gasteiger partial charge in [0.05, 0.1) is 5.56 Å². The predicted molar refractivity (Wildman–Crippen MR) is 65.5 cm³/mol. The van der Waals surface area contributed by atoms with Gasteiger partial charge in [-0.1, -0.05) is 11.6 Å². The molecule has 0 bridgehead atoms. The Balaban J connectivity index is 2.54. The number of carboxylic acids is 1. The number of carboxylic acid groups (broad SMARTS) is 1. The molecular formula is C13H8ClFO3. The van der Waals surface area contributed by atoms with Crippen LogP contribution in [0.4, 0.5) is 4.39 Å². The third-order valence-corrected chi connectivity index (χ3v) is 2.70. The number of hydrogen-bond donors (Lipinski definition) is 2. The highest BCUT2D eigenvalue weighted by Gasteiger charge is 2.12. The van der Waals surface area contributed by atoms with E-state index in [0.717, 1.165) is 12.1 Å². The zero-order valence-corrected chi connectivity index (χ0v) is 9.78. The van der Waals surface area contributed by atoms with Crippen LogP contribution in [0.25, 0.3) is 11.1 Å². The molecular weight excluding hydrogens is 259 g/mol. The van der Waals surface area contributed by atoms with Crippen LogP contribution in [0.5, 0.6) is 5.75 Å². The fourth-order valence-electron chi connectivity index (χ4n) is 1.60. The lowest BCUT2D eigenvalue weighted by Crippen LogP contribution is -1.96. The van der Waals surface area contributed by atoms with Gasteiger partial charge in [0, 0.05) is 16.1 Å². The van der Waals surface area contributed by atoms with Gasteiger partial charge >= 0.3 is 5.97 Å². The fraction of sp³-hybridized carbons (Fsp3) is 0. The molecule has 0 heterocycles. The first-order chi connectivity index (χ1) is 8.49. The summed E-state index contributed by atoms with van der Waals surface area (Å²) in [6.45, 7) is 0. The smallest absolute Gasteiger partial charge is 0.335 e. The van der Waals surface area contributed by atoms with Crippen LogP contribution in [0.3, 0.4) is 0 Å². The standard InChI is InChI=1S/C13H8ClFO3/c14-8-2-4-9(11(15)6-8)10-3-1-7(13(17)18)5-12(10)16/h1-6,16H,(H,17,18). The van der Waals surface area contributed by atoms with Gasteiger partial charge < -0.3 is 10.2 Å². The third kappa shape index (κ3) is 2.28. The number of benzene rings is 2. The van der Waals surface area contributed by atoms with Crippen LogP contribution < -0.4 is 0 Å². The molecule has 18 heavy (non-hydrogen) atoms. The minimum Gasteiger partial charge on any atom is -0.507 e. The second kappa shape index (κ2) is 4.66. The summed E-state index contributed by atoms with van der Waals surface area (Å²) < 4.78 is 13.7. The molecule has 2 aromatic rings. The highest BCUT2D eigenvalue weighted by molar-refractivity contribution is 6.30. The van der Waals surface area contributed by atoms with Gasteiger partial charge in [-0.15, -0.1) is 0 Å². The Bertz CT molecular complexity index is 626. The zero-order chi connectivity index (χ0) is 13.3. The van der Waals surface area contributed by atoms with Gasteiger partial charge in [-0.05, 0) is 36.4 Å². The molecule has 0 unspecified atom stereocenters. The number of phenols is 1. The summed E-state index contributed by atoms with van der Waals surface area (Å²) in [7, 11) is 0. The molecule has 92 valence electrons. The molecule has 2 N–H and O–H groups in total. The molecule has 0 aliphatic heterocycles. The van der Waals surface area contributed by atoms with Crippen molar-refractivity contribution in [2.24, 2.45) is 0 Å². The summed E-state index contributed by atoms with van der Waals surface area (Å²) in [5.74, 6) is -2.04. The van der Waals surface area contributed by atoms with E-state index in [-0.39, 0.29) is 27.5 Å². The highest BCUT2D eigenvalue weighted by atomic mass is 35.5. The maximum atomic E-state index is 13.7. The molecule has 0 spiro atoms. The number of aromatic hydroxyl groups is 1. The average molecular weight is 267 g/mol. The van der Waals surface area contributed by atoms with Crippen molar-refractivity contribution in [3.63, 3.8) is 0 Å². The average Bonchev–Trinajstić information content (AvgIpc) is 2.30. The summed E-state index contributed by atoms with van der Waals surface area (Å²) in [5, 5.41) is 18.7. The fourth-order valence-corrected chi connectivity index (χ4v) is 1.76. The van der Waals surface area contributed by atoms with Crippen LogP contribution >= 0.6 is 11.6 Å². The van der Waals surface area contributed by atoms with E-state index in [1.165, 1.54) is 24.3 Å². The SMILES string of the molecule is O=C(O)c1ccc(-c2ccc(Cl)cc2F)c(O)c1. The number of hydrogen-bond acceptors (Lipinski definition) is 2. The molecule has 0 aliphatic carbocycles.